The summed E-state index contributed by atoms with van der Waals surface area (Å²) in [5.74, 6) is 0. The zero-order valence-electron chi connectivity index (χ0n) is 11.5. The average Bonchev–Trinajstić information content (AvgIpc) is 2.53. The Labute approximate surface area is 118 Å². The highest BCUT2D eigenvalue weighted by Gasteiger charge is 2.15. The van der Waals surface area contributed by atoms with Gasteiger partial charge >= 0.3 is 0 Å². The second kappa shape index (κ2) is 4.60. The molecule has 0 N–H and O–H groups in total. The molecule has 99 valence electrons. The number of rotatable bonds is 1. The van der Waals surface area contributed by atoms with Crippen LogP contribution in [0.15, 0.2) is 42.5 Å². The molecule has 0 amide bonds. The van der Waals surface area contributed by atoms with Crippen molar-refractivity contribution in [3.63, 3.8) is 0 Å². The van der Waals surface area contributed by atoms with Crippen LogP contribution in [0.5, 0.6) is 0 Å². The van der Waals surface area contributed by atoms with Crippen molar-refractivity contribution >= 4 is 21.5 Å². The fourth-order valence-electron chi connectivity index (χ4n) is 3.63. The van der Waals surface area contributed by atoms with Crippen LogP contribution in [0.4, 0.5) is 0 Å². The van der Waals surface area contributed by atoms with E-state index < -0.39 is 0 Å². The largest absolute Gasteiger partial charge is 0.232 e. The van der Waals surface area contributed by atoms with E-state index in [9.17, 15) is 5.11 Å². The van der Waals surface area contributed by atoms with Gasteiger partial charge in [-0.15, -0.1) is 0 Å². The standard InChI is InChI=1S/C19H17O/c20-12-14-11-19-15-6-2-1-5-13(15)9-10-18(19)17-8-4-3-7-16(14)17/h3-4,7-11H,1-2,5-6,12H2. The first-order valence-electron chi connectivity index (χ1n) is 7.41. The van der Waals surface area contributed by atoms with E-state index in [0.29, 0.717) is 0 Å². The maximum atomic E-state index is 11.6. The van der Waals surface area contributed by atoms with Crippen LogP contribution in [0.2, 0.25) is 0 Å². The number of benzene rings is 3. The van der Waals surface area contributed by atoms with Gasteiger partial charge in [0, 0.05) is 0 Å². The lowest BCUT2D eigenvalue weighted by Gasteiger charge is -2.19. The topological polar surface area (TPSA) is 19.9 Å². The minimum Gasteiger partial charge on any atom is -0.232 e. The quantitative estimate of drug-likeness (QED) is 0.561. The van der Waals surface area contributed by atoms with E-state index in [1.165, 1.54) is 46.5 Å². The smallest absolute Gasteiger partial charge is 0.108 e. The number of hydrogen-bond acceptors (Lipinski definition) is 0. The lowest BCUT2D eigenvalue weighted by molar-refractivity contribution is 0.179. The molecular formula is C19H17O. The molecule has 1 nitrogen and oxygen atoms in total. The number of fused-ring (bicyclic) bond motifs is 5. The molecule has 1 heteroatoms. The first-order valence-corrected chi connectivity index (χ1v) is 7.41. The van der Waals surface area contributed by atoms with Gasteiger partial charge in [-0.25, -0.2) is 5.11 Å². The van der Waals surface area contributed by atoms with Crippen molar-refractivity contribution in [2.45, 2.75) is 32.3 Å². The van der Waals surface area contributed by atoms with E-state index in [4.69, 9.17) is 0 Å². The first-order chi connectivity index (χ1) is 9.88. The molecule has 0 bridgehead atoms. The van der Waals surface area contributed by atoms with Gasteiger partial charge in [0.15, 0.2) is 0 Å². The van der Waals surface area contributed by atoms with Crippen LogP contribution in [0, 0.1) is 0 Å². The molecule has 0 fully saturated rings. The molecule has 0 aliphatic heterocycles. The summed E-state index contributed by atoms with van der Waals surface area (Å²) < 4.78 is 0. The average molecular weight is 261 g/mol. The van der Waals surface area contributed by atoms with Crippen molar-refractivity contribution in [3.05, 3.63) is 59.2 Å². The Morgan fingerprint density at radius 2 is 1.55 bits per heavy atom. The van der Waals surface area contributed by atoms with Crippen LogP contribution in [0.25, 0.3) is 21.5 Å². The van der Waals surface area contributed by atoms with Crippen molar-refractivity contribution in [2.75, 3.05) is 0 Å². The maximum absolute atomic E-state index is 11.6. The normalized spacial score (nSPS) is 14.7. The Kier molecular flexibility index (Phi) is 2.75. The summed E-state index contributed by atoms with van der Waals surface area (Å²) in [5.41, 5.74) is 3.90. The highest BCUT2D eigenvalue weighted by atomic mass is 16.3. The Balaban J connectivity index is 2.17. The number of hydrogen-bond donors (Lipinski definition) is 0. The van der Waals surface area contributed by atoms with E-state index >= 15 is 0 Å². The summed E-state index contributed by atoms with van der Waals surface area (Å²) in [6.07, 6.45) is 4.90. The predicted molar refractivity (Wildman–Crippen MR) is 82.5 cm³/mol. The molecular weight excluding hydrogens is 244 g/mol. The molecule has 3 aromatic rings. The zero-order chi connectivity index (χ0) is 13.5. The zero-order valence-corrected chi connectivity index (χ0v) is 11.5. The van der Waals surface area contributed by atoms with E-state index in [-0.39, 0.29) is 6.61 Å². The highest BCUT2D eigenvalue weighted by Crippen LogP contribution is 2.35. The van der Waals surface area contributed by atoms with Crippen LogP contribution in [-0.2, 0) is 24.6 Å². The van der Waals surface area contributed by atoms with Crippen LogP contribution >= 0.6 is 0 Å². The summed E-state index contributed by atoms with van der Waals surface area (Å²) >= 11 is 0. The van der Waals surface area contributed by atoms with Crippen LogP contribution in [0.1, 0.15) is 29.5 Å². The monoisotopic (exact) mass is 261 g/mol. The van der Waals surface area contributed by atoms with Crippen LogP contribution < -0.4 is 0 Å². The third-order valence-electron chi connectivity index (χ3n) is 4.61. The van der Waals surface area contributed by atoms with Crippen molar-refractivity contribution < 1.29 is 5.11 Å². The molecule has 0 spiro atoms. The third kappa shape index (κ3) is 1.66. The van der Waals surface area contributed by atoms with Crippen molar-refractivity contribution in [3.8, 4) is 0 Å². The van der Waals surface area contributed by atoms with E-state index in [1.807, 2.05) is 6.07 Å². The first kappa shape index (κ1) is 11.9. The van der Waals surface area contributed by atoms with Crippen molar-refractivity contribution in [1.82, 2.24) is 0 Å². The molecule has 0 saturated heterocycles. The Hall–Kier alpha value is -1.86. The summed E-state index contributed by atoms with van der Waals surface area (Å²) in [6.45, 7) is -0.139. The number of aryl methyl sites for hydroxylation is 2. The summed E-state index contributed by atoms with van der Waals surface area (Å²) in [4.78, 5) is 0. The molecule has 0 saturated carbocycles. The fraction of sp³-hybridized carbons (Fsp3) is 0.263. The van der Waals surface area contributed by atoms with Gasteiger partial charge in [0.05, 0.1) is 0 Å². The highest BCUT2D eigenvalue weighted by molar-refractivity contribution is 6.10. The molecule has 20 heavy (non-hydrogen) atoms. The molecule has 0 atom stereocenters. The van der Waals surface area contributed by atoms with Gasteiger partial charge < -0.3 is 0 Å². The summed E-state index contributed by atoms with van der Waals surface area (Å²) in [5, 5.41) is 16.5. The molecule has 4 rings (SSSR count). The van der Waals surface area contributed by atoms with Gasteiger partial charge in [-0.3, -0.25) is 0 Å². The van der Waals surface area contributed by atoms with Gasteiger partial charge in [-0.1, -0.05) is 36.4 Å². The maximum Gasteiger partial charge on any atom is 0.108 e. The Morgan fingerprint density at radius 1 is 0.800 bits per heavy atom. The van der Waals surface area contributed by atoms with Crippen LogP contribution in [0.3, 0.4) is 0 Å². The lowest BCUT2D eigenvalue weighted by atomic mass is 9.85. The molecule has 0 unspecified atom stereocenters. The molecule has 1 aliphatic carbocycles. The van der Waals surface area contributed by atoms with E-state index in [2.05, 4.69) is 36.4 Å². The van der Waals surface area contributed by atoms with Gasteiger partial charge in [0.1, 0.15) is 6.61 Å². The fourth-order valence-corrected chi connectivity index (χ4v) is 3.63. The van der Waals surface area contributed by atoms with Crippen molar-refractivity contribution in [2.24, 2.45) is 0 Å². The molecule has 1 aliphatic rings. The SMILES string of the molecule is [O]Cc1cc2c3c(ccc2c2ccccc12)CCCC3. The van der Waals surface area contributed by atoms with Gasteiger partial charge in [-0.05, 0) is 70.0 Å². The molecule has 1 radical (unpaired) electrons. The molecule has 0 heterocycles. The summed E-state index contributed by atoms with van der Waals surface area (Å²) in [7, 11) is 0. The minimum absolute atomic E-state index is 0.139. The Morgan fingerprint density at radius 3 is 2.40 bits per heavy atom. The third-order valence-corrected chi connectivity index (χ3v) is 4.61. The molecule has 0 aromatic heterocycles. The van der Waals surface area contributed by atoms with Gasteiger partial charge in [-0.2, -0.15) is 0 Å². The lowest BCUT2D eigenvalue weighted by Crippen LogP contribution is -2.03. The van der Waals surface area contributed by atoms with Gasteiger partial charge in [0.2, 0.25) is 0 Å². The van der Waals surface area contributed by atoms with Crippen LogP contribution in [-0.4, -0.2) is 0 Å². The summed E-state index contributed by atoms with van der Waals surface area (Å²) in [6, 6.07) is 15.0. The predicted octanol–water partition coefficient (Wildman–Crippen LogP) is 4.80. The van der Waals surface area contributed by atoms with E-state index in [0.717, 1.165) is 17.4 Å². The second-order valence-corrected chi connectivity index (χ2v) is 5.73. The Bertz CT molecular complexity index is 802. The second-order valence-electron chi connectivity index (χ2n) is 5.73. The van der Waals surface area contributed by atoms with E-state index in [1.54, 1.807) is 0 Å². The van der Waals surface area contributed by atoms with Crippen molar-refractivity contribution in [1.29, 1.82) is 0 Å². The molecule has 3 aromatic carbocycles. The minimum atomic E-state index is -0.139. The van der Waals surface area contributed by atoms with Gasteiger partial charge in [0.25, 0.3) is 0 Å².